The zero-order valence-electron chi connectivity index (χ0n) is 15.7. The van der Waals surface area contributed by atoms with E-state index in [0.717, 1.165) is 22.6 Å². The van der Waals surface area contributed by atoms with Gasteiger partial charge in [-0.1, -0.05) is 36.4 Å². The van der Waals surface area contributed by atoms with Gasteiger partial charge in [-0.3, -0.25) is 9.69 Å². The van der Waals surface area contributed by atoms with Gasteiger partial charge in [0.1, 0.15) is 17.6 Å². The highest BCUT2D eigenvalue weighted by molar-refractivity contribution is 5.78. The van der Waals surface area contributed by atoms with Gasteiger partial charge >= 0.3 is 0 Å². The number of carbonyl (C=O) groups excluding carboxylic acids is 1. The van der Waals surface area contributed by atoms with Gasteiger partial charge in [-0.15, -0.1) is 0 Å². The number of amides is 1. The molecule has 0 spiro atoms. The molecule has 27 heavy (non-hydrogen) atoms. The maximum atomic E-state index is 12.3. The van der Waals surface area contributed by atoms with Crippen molar-refractivity contribution in [3.05, 3.63) is 59.7 Å². The number of aliphatic hydroxyl groups is 1. The van der Waals surface area contributed by atoms with E-state index in [2.05, 4.69) is 10.2 Å². The lowest BCUT2D eigenvalue weighted by Crippen LogP contribution is -2.40. The summed E-state index contributed by atoms with van der Waals surface area (Å²) in [6, 6.07) is 15.7. The predicted octanol–water partition coefficient (Wildman–Crippen LogP) is 2.13. The van der Waals surface area contributed by atoms with Gasteiger partial charge in [0.25, 0.3) is 0 Å². The highest BCUT2D eigenvalue weighted by atomic mass is 16.5. The molecule has 1 aliphatic rings. The van der Waals surface area contributed by atoms with E-state index < -0.39 is 6.10 Å². The Kier molecular flexibility index (Phi) is 6.32. The zero-order valence-corrected chi connectivity index (χ0v) is 15.7. The summed E-state index contributed by atoms with van der Waals surface area (Å²) < 4.78 is 11.8. The average molecular weight is 370 g/mol. The second-order valence-corrected chi connectivity index (χ2v) is 6.78. The lowest BCUT2D eigenvalue weighted by atomic mass is 10.1. The number of methoxy groups -OCH3 is 1. The molecule has 1 heterocycles. The molecular formula is C21H26N2O4. The van der Waals surface area contributed by atoms with Crippen LogP contribution in [0.2, 0.25) is 0 Å². The van der Waals surface area contributed by atoms with Gasteiger partial charge in [0.05, 0.1) is 19.8 Å². The first kappa shape index (κ1) is 19.2. The first-order chi connectivity index (χ1) is 13.1. The number of hydrogen-bond acceptors (Lipinski definition) is 5. The number of nitrogens with zero attached hydrogens (tertiary/aromatic N) is 1. The smallest absolute Gasteiger partial charge is 0.234 e. The summed E-state index contributed by atoms with van der Waals surface area (Å²) in [5.74, 6) is 1.47. The molecule has 0 fully saturated rings. The Hall–Kier alpha value is -2.57. The van der Waals surface area contributed by atoms with Crippen LogP contribution in [-0.2, 0) is 11.3 Å². The van der Waals surface area contributed by atoms with Gasteiger partial charge in [0.2, 0.25) is 5.91 Å². The van der Waals surface area contributed by atoms with E-state index in [-0.39, 0.29) is 25.1 Å². The van der Waals surface area contributed by atoms with Crippen LogP contribution in [-0.4, -0.2) is 48.8 Å². The number of fused-ring (bicyclic) bond motifs is 1. The summed E-state index contributed by atoms with van der Waals surface area (Å²) in [6.07, 6.45) is -0.821. The first-order valence-corrected chi connectivity index (χ1v) is 9.11. The number of para-hydroxylation sites is 2. The second kappa shape index (κ2) is 8.88. The summed E-state index contributed by atoms with van der Waals surface area (Å²) in [7, 11) is 1.64. The summed E-state index contributed by atoms with van der Waals surface area (Å²) in [5.41, 5.74) is 1.99. The van der Waals surface area contributed by atoms with Crippen molar-refractivity contribution in [2.45, 2.75) is 25.7 Å². The standard InChI is InChI=1S/C21H26N2O4/c1-15(24)11-22-21(25)14-23-12-16-7-3-5-9-18(16)27-20(13-23)17-8-4-6-10-19(17)26-2/h3-10,15,20,24H,11-14H2,1-2H3,(H,22,25). The van der Waals surface area contributed by atoms with Crippen LogP contribution < -0.4 is 14.8 Å². The molecule has 0 bridgehead atoms. The summed E-state index contributed by atoms with van der Waals surface area (Å²) in [5, 5.41) is 12.1. The first-order valence-electron chi connectivity index (χ1n) is 9.11. The summed E-state index contributed by atoms with van der Waals surface area (Å²) >= 11 is 0. The van der Waals surface area contributed by atoms with Crippen molar-refractivity contribution in [3.63, 3.8) is 0 Å². The SMILES string of the molecule is COc1ccccc1C1CN(CC(=O)NCC(C)O)Cc2ccccc2O1. The van der Waals surface area contributed by atoms with Crippen molar-refractivity contribution in [3.8, 4) is 11.5 Å². The number of rotatable bonds is 6. The fourth-order valence-electron chi connectivity index (χ4n) is 3.22. The predicted molar refractivity (Wildman–Crippen MR) is 103 cm³/mol. The molecule has 3 rings (SSSR count). The molecule has 144 valence electrons. The Morgan fingerprint density at radius 3 is 2.81 bits per heavy atom. The Morgan fingerprint density at radius 1 is 1.30 bits per heavy atom. The molecule has 2 atom stereocenters. The number of aliphatic hydroxyl groups excluding tert-OH is 1. The van der Waals surface area contributed by atoms with Crippen LogP contribution in [0.1, 0.15) is 24.2 Å². The number of nitrogens with one attached hydrogen (secondary N) is 1. The minimum atomic E-state index is -0.566. The monoisotopic (exact) mass is 370 g/mol. The quantitative estimate of drug-likeness (QED) is 0.815. The highest BCUT2D eigenvalue weighted by Crippen LogP contribution is 2.34. The van der Waals surface area contributed by atoms with Crippen LogP contribution in [0.15, 0.2) is 48.5 Å². The molecule has 2 aromatic carbocycles. The molecule has 2 N–H and O–H groups in total. The van der Waals surface area contributed by atoms with E-state index in [1.165, 1.54) is 0 Å². The van der Waals surface area contributed by atoms with Crippen molar-refractivity contribution in [2.24, 2.45) is 0 Å². The van der Waals surface area contributed by atoms with Crippen molar-refractivity contribution >= 4 is 5.91 Å². The van der Waals surface area contributed by atoms with E-state index in [1.807, 2.05) is 48.5 Å². The lowest BCUT2D eigenvalue weighted by molar-refractivity contribution is -0.123. The van der Waals surface area contributed by atoms with Gasteiger partial charge < -0.3 is 19.9 Å². The minimum absolute atomic E-state index is 0.117. The molecule has 1 aliphatic heterocycles. The maximum absolute atomic E-state index is 12.3. The molecule has 0 aliphatic carbocycles. The van der Waals surface area contributed by atoms with Crippen LogP contribution >= 0.6 is 0 Å². The normalized spacial score (nSPS) is 18.0. The van der Waals surface area contributed by atoms with Gasteiger partial charge in [0, 0.05) is 30.8 Å². The molecule has 0 saturated carbocycles. The summed E-state index contributed by atoms with van der Waals surface area (Å²) in [6.45, 7) is 3.29. The van der Waals surface area contributed by atoms with Gasteiger partial charge in [0.15, 0.2) is 0 Å². The van der Waals surface area contributed by atoms with Gasteiger partial charge in [-0.2, -0.15) is 0 Å². The largest absolute Gasteiger partial charge is 0.496 e. The zero-order chi connectivity index (χ0) is 19.2. The third-order valence-electron chi connectivity index (χ3n) is 4.51. The third kappa shape index (κ3) is 4.99. The Bertz CT molecular complexity index is 778. The number of benzene rings is 2. The maximum Gasteiger partial charge on any atom is 0.234 e. The molecule has 2 aromatic rings. The van der Waals surface area contributed by atoms with E-state index in [9.17, 15) is 9.90 Å². The number of hydrogen-bond donors (Lipinski definition) is 2. The number of ether oxygens (including phenoxy) is 2. The van der Waals surface area contributed by atoms with Crippen molar-refractivity contribution in [2.75, 3.05) is 26.7 Å². The summed E-state index contributed by atoms with van der Waals surface area (Å²) in [4.78, 5) is 14.3. The van der Waals surface area contributed by atoms with Gasteiger partial charge in [-0.25, -0.2) is 0 Å². The molecular weight excluding hydrogens is 344 g/mol. The van der Waals surface area contributed by atoms with E-state index in [0.29, 0.717) is 13.1 Å². The molecule has 1 amide bonds. The average Bonchev–Trinajstić information content (AvgIpc) is 2.85. The van der Waals surface area contributed by atoms with E-state index in [1.54, 1.807) is 14.0 Å². The Balaban J connectivity index is 1.83. The molecule has 6 heteroatoms. The highest BCUT2D eigenvalue weighted by Gasteiger charge is 2.27. The fraction of sp³-hybridized carbons (Fsp3) is 0.381. The van der Waals surface area contributed by atoms with Crippen molar-refractivity contribution in [1.29, 1.82) is 0 Å². The molecule has 0 saturated heterocycles. The topological polar surface area (TPSA) is 71.0 Å². The van der Waals surface area contributed by atoms with E-state index in [4.69, 9.17) is 9.47 Å². The van der Waals surface area contributed by atoms with Crippen LogP contribution in [0.5, 0.6) is 11.5 Å². The fourth-order valence-corrected chi connectivity index (χ4v) is 3.22. The third-order valence-corrected chi connectivity index (χ3v) is 4.51. The molecule has 0 radical (unpaired) electrons. The molecule has 2 unspecified atom stereocenters. The van der Waals surface area contributed by atoms with Gasteiger partial charge in [-0.05, 0) is 19.1 Å². The van der Waals surface area contributed by atoms with Crippen LogP contribution in [0.25, 0.3) is 0 Å². The second-order valence-electron chi connectivity index (χ2n) is 6.78. The van der Waals surface area contributed by atoms with Crippen molar-refractivity contribution in [1.82, 2.24) is 10.2 Å². The molecule has 0 aromatic heterocycles. The molecule has 6 nitrogen and oxygen atoms in total. The van der Waals surface area contributed by atoms with E-state index >= 15 is 0 Å². The van der Waals surface area contributed by atoms with Crippen LogP contribution in [0.4, 0.5) is 0 Å². The number of carbonyl (C=O) groups is 1. The lowest BCUT2D eigenvalue weighted by Gasteiger charge is -2.25. The van der Waals surface area contributed by atoms with Crippen LogP contribution in [0.3, 0.4) is 0 Å². The Morgan fingerprint density at radius 2 is 2.04 bits per heavy atom. The Labute approximate surface area is 159 Å². The van der Waals surface area contributed by atoms with Crippen molar-refractivity contribution < 1.29 is 19.4 Å². The van der Waals surface area contributed by atoms with Crippen LogP contribution in [0, 0.1) is 0 Å². The minimum Gasteiger partial charge on any atom is -0.496 e.